The molecule has 0 saturated carbocycles. The summed E-state index contributed by atoms with van der Waals surface area (Å²) in [5, 5.41) is 3.47. The van der Waals surface area contributed by atoms with Crippen molar-refractivity contribution in [2.45, 2.75) is 19.3 Å². The molecule has 0 unspecified atom stereocenters. The maximum atomic E-state index is 12.9. The third kappa shape index (κ3) is 3.02. The molecule has 0 bridgehead atoms. The second-order valence-corrected chi connectivity index (χ2v) is 6.76. The van der Waals surface area contributed by atoms with Gasteiger partial charge in [0.25, 0.3) is 5.91 Å². The molecule has 3 aliphatic heterocycles. The summed E-state index contributed by atoms with van der Waals surface area (Å²) >= 11 is 0. The van der Waals surface area contributed by atoms with Gasteiger partial charge in [0.2, 0.25) is 0 Å². The Balaban J connectivity index is 1.49. The topological polar surface area (TPSA) is 50.8 Å². The van der Waals surface area contributed by atoms with Gasteiger partial charge in [0, 0.05) is 25.1 Å². The molecule has 3 aliphatic rings. The number of rotatable bonds is 1. The van der Waals surface area contributed by atoms with Crippen LogP contribution < -0.4 is 14.8 Å². The van der Waals surface area contributed by atoms with E-state index in [1.807, 2.05) is 23.1 Å². The Kier molecular flexibility index (Phi) is 4.12. The van der Waals surface area contributed by atoms with Crippen LogP contribution in [0.1, 0.15) is 29.6 Å². The SMILES string of the molecule is O=C(c1ccc2c(c1)OCCCO2)N1CC[C@@H]2CNC[C@@H]2CC1. The summed E-state index contributed by atoms with van der Waals surface area (Å²) in [6, 6.07) is 5.57. The molecule has 2 atom stereocenters. The van der Waals surface area contributed by atoms with Crippen LogP contribution in [0.2, 0.25) is 0 Å². The Labute approximate surface area is 136 Å². The van der Waals surface area contributed by atoms with Gasteiger partial charge in [-0.1, -0.05) is 0 Å². The summed E-state index contributed by atoms with van der Waals surface area (Å²) in [6.07, 6.45) is 3.09. The van der Waals surface area contributed by atoms with Crippen LogP contribution in [0.4, 0.5) is 0 Å². The second kappa shape index (κ2) is 6.40. The highest BCUT2D eigenvalue weighted by atomic mass is 16.5. The van der Waals surface area contributed by atoms with Gasteiger partial charge in [-0.25, -0.2) is 0 Å². The van der Waals surface area contributed by atoms with Crippen LogP contribution in [0.5, 0.6) is 11.5 Å². The van der Waals surface area contributed by atoms with Crippen molar-refractivity contribution in [2.75, 3.05) is 39.4 Å². The van der Waals surface area contributed by atoms with Gasteiger partial charge in [-0.3, -0.25) is 4.79 Å². The number of likely N-dealkylation sites (tertiary alicyclic amines) is 1. The average Bonchev–Trinajstić information content (AvgIpc) is 2.79. The van der Waals surface area contributed by atoms with Crippen LogP contribution in [0.25, 0.3) is 0 Å². The quantitative estimate of drug-likeness (QED) is 0.860. The van der Waals surface area contributed by atoms with E-state index in [1.54, 1.807) is 0 Å². The first kappa shape index (κ1) is 14.8. The summed E-state index contributed by atoms with van der Waals surface area (Å²) in [4.78, 5) is 14.9. The molecule has 1 aromatic rings. The van der Waals surface area contributed by atoms with Gasteiger partial charge in [0.15, 0.2) is 11.5 Å². The van der Waals surface area contributed by atoms with Gasteiger partial charge in [-0.2, -0.15) is 0 Å². The number of carbonyl (C=O) groups excluding carboxylic acids is 1. The van der Waals surface area contributed by atoms with E-state index in [4.69, 9.17) is 9.47 Å². The van der Waals surface area contributed by atoms with E-state index in [2.05, 4.69) is 5.32 Å². The molecule has 0 aliphatic carbocycles. The predicted octanol–water partition coefficient (Wildman–Crippen LogP) is 1.92. The lowest BCUT2D eigenvalue weighted by molar-refractivity contribution is 0.0758. The minimum atomic E-state index is 0.119. The summed E-state index contributed by atoms with van der Waals surface area (Å²) in [5.74, 6) is 3.03. The first-order chi connectivity index (χ1) is 11.3. The lowest BCUT2D eigenvalue weighted by Gasteiger charge is -2.21. The van der Waals surface area contributed by atoms with E-state index in [-0.39, 0.29) is 5.91 Å². The van der Waals surface area contributed by atoms with E-state index < -0.39 is 0 Å². The van der Waals surface area contributed by atoms with Gasteiger partial charge >= 0.3 is 0 Å². The standard InChI is InChI=1S/C18H24N2O3/c21-18(20-6-4-14-11-19-12-15(14)5-7-20)13-2-3-16-17(10-13)23-9-1-8-22-16/h2-3,10,14-15,19H,1,4-9,11-12H2/t14-,15+. The molecule has 3 heterocycles. The number of ether oxygens (including phenoxy) is 2. The number of amides is 1. The fourth-order valence-electron chi connectivity index (χ4n) is 3.90. The molecule has 1 amide bonds. The van der Waals surface area contributed by atoms with Crippen LogP contribution in [0.3, 0.4) is 0 Å². The number of hydrogen-bond donors (Lipinski definition) is 1. The van der Waals surface area contributed by atoms with Crippen molar-refractivity contribution in [3.05, 3.63) is 23.8 Å². The van der Waals surface area contributed by atoms with Crippen LogP contribution in [-0.4, -0.2) is 50.2 Å². The molecule has 0 spiro atoms. The van der Waals surface area contributed by atoms with Gasteiger partial charge < -0.3 is 19.7 Å². The first-order valence-corrected chi connectivity index (χ1v) is 8.71. The van der Waals surface area contributed by atoms with E-state index >= 15 is 0 Å². The Hall–Kier alpha value is -1.75. The van der Waals surface area contributed by atoms with Crippen LogP contribution in [0, 0.1) is 11.8 Å². The zero-order valence-electron chi connectivity index (χ0n) is 13.4. The zero-order chi connectivity index (χ0) is 15.6. The van der Waals surface area contributed by atoms with Gasteiger partial charge in [-0.15, -0.1) is 0 Å². The van der Waals surface area contributed by atoms with Crippen molar-refractivity contribution in [1.82, 2.24) is 10.2 Å². The fraction of sp³-hybridized carbons (Fsp3) is 0.611. The molecule has 1 N–H and O–H groups in total. The van der Waals surface area contributed by atoms with Crippen molar-refractivity contribution >= 4 is 5.91 Å². The fourth-order valence-corrected chi connectivity index (χ4v) is 3.90. The molecule has 4 rings (SSSR count). The number of nitrogens with zero attached hydrogens (tertiary/aromatic N) is 1. The summed E-state index contributed by atoms with van der Waals surface area (Å²) in [7, 11) is 0. The maximum Gasteiger partial charge on any atom is 0.253 e. The predicted molar refractivity (Wildman–Crippen MR) is 87.0 cm³/mol. The lowest BCUT2D eigenvalue weighted by Crippen LogP contribution is -2.32. The zero-order valence-corrected chi connectivity index (χ0v) is 13.4. The minimum Gasteiger partial charge on any atom is -0.490 e. The number of benzene rings is 1. The van der Waals surface area contributed by atoms with E-state index in [0.29, 0.717) is 24.5 Å². The first-order valence-electron chi connectivity index (χ1n) is 8.71. The Morgan fingerprint density at radius 2 is 1.74 bits per heavy atom. The molecule has 0 aromatic heterocycles. The molecule has 0 radical (unpaired) electrons. The van der Waals surface area contributed by atoms with E-state index in [0.717, 1.165) is 63.0 Å². The molecule has 23 heavy (non-hydrogen) atoms. The monoisotopic (exact) mass is 316 g/mol. The molecular formula is C18H24N2O3. The summed E-state index contributed by atoms with van der Waals surface area (Å²) < 4.78 is 11.4. The molecule has 124 valence electrons. The summed E-state index contributed by atoms with van der Waals surface area (Å²) in [6.45, 7) is 5.24. The number of fused-ring (bicyclic) bond motifs is 2. The highest BCUT2D eigenvalue weighted by molar-refractivity contribution is 5.95. The molecule has 1 aromatic carbocycles. The highest BCUT2D eigenvalue weighted by Gasteiger charge is 2.31. The largest absolute Gasteiger partial charge is 0.490 e. The molecule has 2 saturated heterocycles. The summed E-state index contributed by atoms with van der Waals surface area (Å²) in [5.41, 5.74) is 0.708. The minimum absolute atomic E-state index is 0.119. The number of carbonyl (C=O) groups is 1. The highest BCUT2D eigenvalue weighted by Crippen LogP contribution is 2.32. The van der Waals surface area contributed by atoms with Crippen molar-refractivity contribution in [3.63, 3.8) is 0 Å². The van der Waals surface area contributed by atoms with Gasteiger partial charge in [0.05, 0.1) is 13.2 Å². The van der Waals surface area contributed by atoms with Crippen molar-refractivity contribution in [2.24, 2.45) is 11.8 Å². The third-order valence-corrected chi connectivity index (χ3v) is 5.30. The number of nitrogens with one attached hydrogen (secondary N) is 1. The van der Waals surface area contributed by atoms with Crippen LogP contribution in [-0.2, 0) is 0 Å². The van der Waals surface area contributed by atoms with Gasteiger partial charge in [0.1, 0.15) is 0 Å². The maximum absolute atomic E-state index is 12.9. The van der Waals surface area contributed by atoms with Crippen molar-refractivity contribution < 1.29 is 14.3 Å². The molecule has 5 heteroatoms. The Morgan fingerprint density at radius 1 is 1.04 bits per heavy atom. The Bertz CT molecular complexity index is 576. The third-order valence-electron chi connectivity index (χ3n) is 5.30. The van der Waals surface area contributed by atoms with Crippen LogP contribution >= 0.6 is 0 Å². The van der Waals surface area contributed by atoms with E-state index in [1.165, 1.54) is 0 Å². The Morgan fingerprint density at radius 3 is 2.48 bits per heavy atom. The lowest BCUT2D eigenvalue weighted by atomic mass is 9.92. The van der Waals surface area contributed by atoms with Crippen molar-refractivity contribution in [3.8, 4) is 11.5 Å². The molecular weight excluding hydrogens is 292 g/mol. The number of hydrogen-bond acceptors (Lipinski definition) is 4. The molecule has 5 nitrogen and oxygen atoms in total. The average molecular weight is 316 g/mol. The van der Waals surface area contributed by atoms with Crippen LogP contribution in [0.15, 0.2) is 18.2 Å². The normalized spacial score (nSPS) is 27.0. The van der Waals surface area contributed by atoms with E-state index in [9.17, 15) is 4.79 Å². The smallest absolute Gasteiger partial charge is 0.253 e. The molecule has 2 fully saturated rings. The van der Waals surface area contributed by atoms with Crippen molar-refractivity contribution in [1.29, 1.82) is 0 Å². The second-order valence-electron chi connectivity index (χ2n) is 6.76. The van der Waals surface area contributed by atoms with Gasteiger partial charge in [-0.05, 0) is 56.0 Å².